The largest absolute Gasteiger partial charge is 0.434 e. The Hall–Kier alpha value is -3.29. The molecule has 1 heterocycles. The predicted molar refractivity (Wildman–Crippen MR) is 105 cm³/mol. The van der Waals surface area contributed by atoms with E-state index in [0.29, 0.717) is 28.7 Å². The molecule has 0 bridgehead atoms. The van der Waals surface area contributed by atoms with Crippen molar-refractivity contribution in [3.05, 3.63) is 70.3 Å². The molecule has 1 aromatic heterocycles. The van der Waals surface area contributed by atoms with Gasteiger partial charge in [0.2, 0.25) is 5.91 Å². The number of carbonyl (C=O) groups is 1. The molecule has 3 aromatic rings. The van der Waals surface area contributed by atoms with Gasteiger partial charge in [-0.05, 0) is 31.5 Å². The van der Waals surface area contributed by atoms with Gasteiger partial charge < -0.3 is 10.1 Å². The first-order valence-corrected chi connectivity index (χ1v) is 9.20. The normalized spacial score (nSPS) is 12.2. The lowest BCUT2D eigenvalue weighted by molar-refractivity contribution is -0.122. The molecule has 3 rings (SSSR count). The molecule has 2 aromatic carbocycles. The van der Waals surface area contributed by atoms with Crippen LogP contribution in [0, 0.1) is 6.92 Å². The van der Waals surface area contributed by atoms with E-state index in [1.54, 1.807) is 49.4 Å². The molecule has 0 aliphatic carbocycles. The van der Waals surface area contributed by atoms with E-state index in [0.717, 1.165) is 0 Å². The molecule has 1 N–H and O–H groups in total. The Morgan fingerprint density at radius 1 is 1.17 bits per heavy atom. The number of aryl methyl sites for hydroxylation is 1. The van der Waals surface area contributed by atoms with Crippen LogP contribution in [0.5, 0.6) is 5.75 Å². The third-order valence-corrected chi connectivity index (χ3v) is 4.61. The first kappa shape index (κ1) is 20.4. The summed E-state index contributed by atoms with van der Waals surface area (Å²) in [6, 6.07) is 12.7. The molecule has 29 heavy (non-hydrogen) atoms. The zero-order valence-electron chi connectivity index (χ0n) is 16.1. The second kappa shape index (κ2) is 8.81. The van der Waals surface area contributed by atoms with Gasteiger partial charge in [-0.25, -0.2) is 4.98 Å². The maximum atomic E-state index is 12.7. The number of hydrogen-bond donors (Lipinski definition) is 1. The van der Waals surface area contributed by atoms with E-state index in [9.17, 15) is 18.4 Å². The smallest absolute Gasteiger partial charge is 0.387 e. The lowest BCUT2D eigenvalue weighted by Gasteiger charge is -2.21. The van der Waals surface area contributed by atoms with Crippen LogP contribution in [0.4, 0.5) is 8.78 Å². The number of fused-ring (bicyclic) bond motifs is 1. The van der Waals surface area contributed by atoms with Crippen molar-refractivity contribution in [3.63, 3.8) is 0 Å². The highest BCUT2D eigenvalue weighted by Gasteiger charge is 2.20. The molecule has 1 atom stereocenters. The molecule has 0 spiro atoms. The quantitative estimate of drug-likeness (QED) is 0.657. The van der Waals surface area contributed by atoms with Crippen LogP contribution >= 0.6 is 0 Å². The lowest BCUT2D eigenvalue weighted by atomic mass is 10.0. The standard InChI is InChI=1S/C21H21F2N3O3/c1-3-16(14-8-5-7-11-18(14)29-21(22)23)25-19(27)12-26-13(2)24-17-10-6-4-9-15(17)20(26)28/h4-11,16,21H,3,12H2,1-2H3,(H,25,27). The highest BCUT2D eigenvalue weighted by molar-refractivity contribution is 5.79. The number of benzene rings is 2. The van der Waals surface area contributed by atoms with Crippen molar-refractivity contribution >= 4 is 16.8 Å². The number of nitrogens with one attached hydrogen (secondary N) is 1. The van der Waals surface area contributed by atoms with Crippen molar-refractivity contribution in [1.82, 2.24) is 14.9 Å². The Labute approximate surface area is 166 Å². The second-order valence-corrected chi connectivity index (χ2v) is 6.51. The highest BCUT2D eigenvalue weighted by atomic mass is 19.3. The van der Waals surface area contributed by atoms with Crippen LogP contribution in [0.1, 0.15) is 30.8 Å². The number of ether oxygens (including phenoxy) is 1. The number of alkyl halides is 2. The van der Waals surface area contributed by atoms with E-state index in [4.69, 9.17) is 0 Å². The van der Waals surface area contributed by atoms with E-state index in [1.165, 1.54) is 10.6 Å². The van der Waals surface area contributed by atoms with E-state index >= 15 is 0 Å². The number of rotatable bonds is 7. The van der Waals surface area contributed by atoms with Crippen molar-refractivity contribution in [2.24, 2.45) is 0 Å². The van der Waals surface area contributed by atoms with E-state index in [2.05, 4.69) is 15.0 Å². The number of amides is 1. The molecular formula is C21H21F2N3O3. The highest BCUT2D eigenvalue weighted by Crippen LogP contribution is 2.28. The van der Waals surface area contributed by atoms with E-state index < -0.39 is 18.6 Å². The SMILES string of the molecule is CCC(NC(=O)Cn1c(C)nc2ccccc2c1=O)c1ccccc1OC(F)F. The molecule has 1 amide bonds. The van der Waals surface area contributed by atoms with Crippen LogP contribution in [0.15, 0.2) is 53.3 Å². The zero-order valence-corrected chi connectivity index (χ0v) is 16.1. The predicted octanol–water partition coefficient (Wildman–Crippen LogP) is 3.57. The molecule has 152 valence electrons. The van der Waals surface area contributed by atoms with Crippen LogP contribution in [0.2, 0.25) is 0 Å². The van der Waals surface area contributed by atoms with Crippen LogP contribution in [0.3, 0.4) is 0 Å². The van der Waals surface area contributed by atoms with Gasteiger partial charge in [-0.1, -0.05) is 37.3 Å². The Bertz CT molecular complexity index is 1080. The molecule has 0 saturated carbocycles. The van der Waals surface area contributed by atoms with Gasteiger partial charge in [-0.3, -0.25) is 14.2 Å². The summed E-state index contributed by atoms with van der Waals surface area (Å²) >= 11 is 0. The number of nitrogens with zero attached hydrogens (tertiary/aromatic N) is 2. The average Bonchev–Trinajstić information content (AvgIpc) is 2.69. The van der Waals surface area contributed by atoms with Crippen molar-refractivity contribution in [3.8, 4) is 5.75 Å². The maximum absolute atomic E-state index is 12.7. The Morgan fingerprint density at radius 3 is 2.59 bits per heavy atom. The van der Waals surface area contributed by atoms with E-state index in [1.807, 2.05) is 6.92 Å². The monoisotopic (exact) mass is 401 g/mol. The van der Waals surface area contributed by atoms with Crippen LogP contribution in [0.25, 0.3) is 10.9 Å². The maximum Gasteiger partial charge on any atom is 0.387 e. The van der Waals surface area contributed by atoms with Gasteiger partial charge >= 0.3 is 6.61 Å². The van der Waals surface area contributed by atoms with Crippen LogP contribution < -0.4 is 15.6 Å². The fourth-order valence-electron chi connectivity index (χ4n) is 3.22. The van der Waals surface area contributed by atoms with Gasteiger partial charge in [0.15, 0.2) is 0 Å². The Morgan fingerprint density at radius 2 is 1.86 bits per heavy atom. The molecular weight excluding hydrogens is 380 g/mol. The van der Waals surface area contributed by atoms with Crippen molar-refractivity contribution in [1.29, 1.82) is 0 Å². The summed E-state index contributed by atoms with van der Waals surface area (Å²) in [6.07, 6.45) is 0.458. The average molecular weight is 401 g/mol. The minimum atomic E-state index is -2.96. The number of halogens is 2. The number of para-hydroxylation sites is 2. The molecule has 1 unspecified atom stereocenters. The summed E-state index contributed by atoms with van der Waals surface area (Å²) in [5.41, 5.74) is 0.707. The molecule has 0 aliphatic heterocycles. The molecule has 0 aliphatic rings. The first-order valence-electron chi connectivity index (χ1n) is 9.20. The Kier molecular flexibility index (Phi) is 6.21. The van der Waals surface area contributed by atoms with Crippen molar-refractivity contribution in [2.75, 3.05) is 0 Å². The van der Waals surface area contributed by atoms with Gasteiger partial charge in [0.1, 0.15) is 18.1 Å². The summed E-state index contributed by atoms with van der Waals surface area (Å²) in [7, 11) is 0. The minimum Gasteiger partial charge on any atom is -0.434 e. The molecule has 6 nitrogen and oxygen atoms in total. The molecule has 0 radical (unpaired) electrons. The van der Waals surface area contributed by atoms with Gasteiger partial charge in [-0.2, -0.15) is 8.78 Å². The van der Waals surface area contributed by atoms with Crippen LogP contribution in [-0.4, -0.2) is 22.1 Å². The van der Waals surface area contributed by atoms with Gasteiger partial charge in [0, 0.05) is 5.56 Å². The Balaban J connectivity index is 1.84. The lowest BCUT2D eigenvalue weighted by Crippen LogP contribution is -2.36. The van der Waals surface area contributed by atoms with Crippen LogP contribution in [-0.2, 0) is 11.3 Å². The van der Waals surface area contributed by atoms with E-state index in [-0.39, 0.29) is 17.9 Å². The summed E-state index contributed by atoms with van der Waals surface area (Å²) in [6.45, 7) is 0.287. The van der Waals surface area contributed by atoms with Crippen molar-refractivity contribution < 1.29 is 18.3 Å². The van der Waals surface area contributed by atoms with Gasteiger partial charge in [-0.15, -0.1) is 0 Å². The summed E-state index contributed by atoms with van der Waals surface area (Å²) in [4.78, 5) is 29.7. The number of carbonyl (C=O) groups excluding carboxylic acids is 1. The van der Waals surface area contributed by atoms with Gasteiger partial charge in [0.05, 0.1) is 16.9 Å². The summed E-state index contributed by atoms with van der Waals surface area (Å²) in [5.74, 6) is -0.000294. The second-order valence-electron chi connectivity index (χ2n) is 6.51. The number of hydrogen-bond acceptors (Lipinski definition) is 4. The third kappa shape index (κ3) is 4.59. The summed E-state index contributed by atoms with van der Waals surface area (Å²) in [5, 5.41) is 3.22. The van der Waals surface area contributed by atoms with Gasteiger partial charge in [0.25, 0.3) is 5.56 Å². The fourth-order valence-corrected chi connectivity index (χ4v) is 3.22. The third-order valence-electron chi connectivity index (χ3n) is 4.61. The molecule has 0 fully saturated rings. The number of aromatic nitrogens is 2. The first-order chi connectivity index (χ1) is 13.9. The molecule has 0 saturated heterocycles. The molecule has 8 heteroatoms. The minimum absolute atomic E-state index is 0.00960. The topological polar surface area (TPSA) is 73.2 Å². The zero-order chi connectivity index (χ0) is 21.0. The van der Waals surface area contributed by atoms with Crippen molar-refractivity contribution in [2.45, 2.75) is 39.5 Å². The summed E-state index contributed by atoms with van der Waals surface area (Å²) < 4.78 is 31.2. The fraction of sp³-hybridized carbons (Fsp3) is 0.286.